The van der Waals surface area contributed by atoms with Crippen molar-refractivity contribution in [2.45, 2.75) is 30.3 Å². The molecule has 1 amide bonds. The molecule has 0 bridgehead atoms. The number of carbonyl (C=O) groups is 1. The zero-order valence-corrected chi connectivity index (χ0v) is 15.7. The van der Waals surface area contributed by atoms with Crippen molar-refractivity contribution in [2.75, 3.05) is 18.4 Å². The van der Waals surface area contributed by atoms with Crippen LogP contribution in [0.1, 0.15) is 35.2 Å². The summed E-state index contributed by atoms with van der Waals surface area (Å²) in [6, 6.07) is 9.98. The summed E-state index contributed by atoms with van der Waals surface area (Å²) in [6.45, 7) is 0.857. The molecule has 28 heavy (non-hydrogen) atoms. The Balaban J connectivity index is 1.85. The number of nitrogens with zero attached hydrogens (tertiary/aromatic N) is 1. The van der Waals surface area contributed by atoms with Gasteiger partial charge in [0, 0.05) is 18.8 Å². The van der Waals surface area contributed by atoms with Gasteiger partial charge in [-0.25, -0.2) is 8.42 Å². The number of piperidine rings is 1. The second-order valence-corrected chi connectivity index (χ2v) is 8.43. The fourth-order valence-electron chi connectivity index (χ4n) is 3.12. The average molecular weight is 412 g/mol. The zero-order chi connectivity index (χ0) is 20.4. The van der Waals surface area contributed by atoms with E-state index in [4.69, 9.17) is 0 Å². The van der Waals surface area contributed by atoms with Crippen LogP contribution in [0.15, 0.2) is 53.4 Å². The summed E-state index contributed by atoms with van der Waals surface area (Å²) in [6.07, 6.45) is -2.14. The standard InChI is InChI=1S/C19H19F3N2O3S/c20-19(21,22)17-10-3-2-9-16(17)18(25)23-14-7-6-8-15(13-14)28(26,27)24-11-4-1-5-12-24/h2-3,6-10,13H,1,4-5,11-12H2,(H,23,25). The van der Waals surface area contributed by atoms with Gasteiger partial charge in [0.1, 0.15) is 0 Å². The summed E-state index contributed by atoms with van der Waals surface area (Å²) in [5.74, 6) is -0.958. The van der Waals surface area contributed by atoms with Gasteiger partial charge in [-0.05, 0) is 43.2 Å². The van der Waals surface area contributed by atoms with Gasteiger partial charge < -0.3 is 5.32 Å². The first-order valence-corrected chi connectivity index (χ1v) is 10.2. The number of sulfonamides is 1. The summed E-state index contributed by atoms with van der Waals surface area (Å²) in [4.78, 5) is 12.4. The molecule has 1 N–H and O–H groups in total. The SMILES string of the molecule is O=C(Nc1cccc(S(=O)(=O)N2CCCCC2)c1)c1ccccc1C(F)(F)F. The number of hydrogen-bond donors (Lipinski definition) is 1. The van der Waals surface area contributed by atoms with E-state index in [-0.39, 0.29) is 10.6 Å². The first-order valence-electron chi connectivity index (χ1n) is 8.77. The molecule has 2 aromatic rings. The van der Waals surface area contributed by atoms with Crippen LogP contribution in [0.5, 0.6) is 0 Å². The Morgan fingerprint density at radius 1 is 0.964 bits per heavy atom. The summed E-state index contributed by atoms with van der Waals surface area (Å²) in [5, 5.41) is 2.36. The monoisotopic (exact) mass is 412 g/mol. The lowest BCUT2D eigenvalue weighted by molar-refractivity contribution is -0.137. The summed E-state index contributed by atoms with van der Waals surface area (Å²) in [7, 11) is -3.71. The Kier molecular flexibility index (Phi) is 5.76. The van der Waals surface area contributed by atoms with Crippen LogP contribution in [0.25, 0.3) is 0 Å². The number of rotatable bonds is 4. The molecule has 9 heteroatoms. The molecule has 0 unspecified atom stereocenters. The maximum Gasteiger partial charge on any atom is 0.417 e. The second-order valence-electron chi connectivity index (χ2n) is 6.49. The highest BCUT2D eigenvalue weighted by molar-refractivity contribution is 7.89. The van der Waals surface area contributed by atoms with Gasteiger partial charge >= 0.3 is 6.18 Å². The molecular formula is C19H19F3N2O3S. The number of hydrogen-bond acceptors (Lipinski definition) is 3. The predicted molar refractivity (Wildman–Crippen MR) is 98.4 cm³/mol. The Hall–Kier alpha value is -2.39. The molecule has 150 valence electrons. The lowest BCUT2D eigenvalue weighted by Gasteiger charge is -2.26. The average Bonchev–Trinajstić information content (AvgIpc) is 2.68. The van der Waals surface area contributed by atoms with Crippen molar-refractivity contribution in [1.29, 1.82) is 0 Å². The number of carbonyl (C=O) groups excluding carboxylic acids is 1. The highest BCUT2D eigenvalue weighted by Crippen LogP contribution is 2.32. The molecule has 1 heterocycles. The van der Waals surface area contributed by atoms with Gasteiger partial charge in [-0.2, -0.15) is 17.5 Å². The van der Waals surface area contributed by atoms with Crippen molar-refractivity contribution >= 4 is 21.6 Å². The van der Waals surface area contributed by atoms with Crippen molar-refractivity contribution in [3.63, 3.8) is 0 Å². The summed E-state index contributed by atoms with van der Waals surface area (Å²) >= 11 is 0. The lowest BCUT2D eigenvalue weighted by Crippen LogP contribution is -2.35. The highest BCUT2D eigenvalue weighted by Gasteiger charge is 2.35. The van der Waals surface area contributed by atoms with Crippen LogP contribution in [0.4, 0.5) is 18.9 Å². The van der Waals surface area contributed by atoms with Crippen LogP contribution >= 0.6 is 0 Å². The molecule has 1 saturated heterocycles. The van der Waals surface area contributed by atoms with E-state index in [9.17, 15) is 26.4 Å². The van der Waals surface area contributed by atoms with Gasteiger partial charge in [-0.3, -0.25) is 4.79 Å². The minimum atomic E-state index is -4.67. The number of nitrogens with one attached hydrogen (secondary N) is 1. The minimum absolute atomic E-state index is 0.00342. The van der Waals surface area contributed by atoms with E-state index in [1.54, 1.807) is 0 Å². The molecule has 3 rings (SSSR count). The first kappa shape index (κ1) is 20.3. The number of halogens is 3. The van der Waals surface area contributed by atoms with E-state index in [0.717, 1.165) is 31.4 Å². The van der Waals surface area contributed by atoms with Crippen molar-refractivity contribution in [2.24, 2.45) is 0 Å². The van der Waals surface area contributed by atoms with Crippen LogP contribution in [0.3, 0.4) is 0 Å². The van der Waals surface area contributed by atoms with Crippen LogP contribution in [-0.2, 0) is 16.2 Å². The largest absolute Gasteiger partial charge is 0.417 e. The fourth-order valence-corrected chi connectivity index (χ4v) is 4.68. The predicted octanol–water partition coefficient (Wildman–Crippen LogP) is 4.13. The molecule has 2 aromatic carbocycles. The van der Waals surface area contributed by atoms with Crippen molar-refractivity contribution in [1.82, 2.24) is 4.31 Å². The molecule has 0 saturated carbocycles. The Bertz CT molecular complexity index is 968. The van der Waals surface area contributed by atoms with Crippen LogP contribution in [0.2, 0.25) is 0 Å². The van der Waals surface area contributed by atoms with Crippen molar-refractivity contribution in [3.8, 4) is 0 Å². The Labute approximate surface area is 161 Å². The maximum atomic E-state index is 13.1. The van der Waals surface area contributed by atoms with Crippen molar-refractivity contribution in [3.05, 3.63) is 59.7 Å². The molecule has 0 aromatic heterocycles. The minimum Gasteiger partial charge on any atom is -0.322 e. The molecule has 0 aliphatic carbocycles. The highest BCUT2D eigenvalue weighted by atomic mass is 32.2. The van der Waals surface area contributed by atoms with Gasteiger partial charge in [-0.1, -0.05) is 24.6 Å². The first-order chi connectivity index (χ1) is 13.2. The van der Waals surface area contributed by atoms with E-state index in [1.165, 1.54) is 40.7 Å². The fraction of sp³-hybridized carbons (Fsp3) is 0.316. The van der Waals surface area contributed by atoms with Gasteiger partial charge in [0.2, 0.25) is 10.0 Å². The normalized spacial score (nSPS) is 16.0. The molecule has 0 spiro atoms. The van der Waals surface area contributed by atoms with E-state index >= 15 is 0 Å². The van der Waals surface area contributed by atoms with E-state index in [0.29, 0.717) is 13.1 Å². The Morgan fingerprint density at radius 3 is 2.32 bits per heavy atom. The number of anilines is 1. The Morgan fingerprint density at radius 2 is 1.64 bits per heavy atom. The van der Waals surface area contributed by atoms with Gasteiger partial charge in [-0.15, -0.1) is 0 Å². The molecule has 1 aliphatic heterocycles. The third-order valence-electron chi connectivity index (χ3n) is 4.52. The third kappa shape index (κ3) is 4.36. The summed E-state index contributed by atoms with van der Waals surface area (Å²) in [5.41, 5.74) is -1.47. The number of benzene rings is 2. The lowest BCUT2D eigenvalue weighted by atomic mass is 10.1. The van der Waals surface area contributed by atoms with Crippen molar-refractivity contribution < 1.29 is 26.4 Å². The second kappa shape index (κ2) is 7.92. The molecule has 5 nitrogen and oxygen atoms in total. The van der Waals surface area contributed by atoms with Gasteiger partial charge in [0.15, 0.2) is 0 Å². The molecular weight excluding hydrogens is 393 g/mol. The smallest absolute Gasteiger partial charge is 0.322 e. The maximum absolute atomic E-state index is 13.1. The summed E-state index contributed by atoms with van der Waals surface area (Å²) < 4.78 is 66.2. The molecule has 1 fully saturated rings. The molecule has 1 aliphatic rings. The van der Waals surface area contributed by atoms with Crippen LogP contribution in [-0.4, -0.2) is 31.7 Å². The van der Waals surface area contributed by atoms with E-state index in [1.807, 2.05) is 0 Å². The van der Waals surface area contributed by atoms with Crippen LogP contribution in [0, 0.1) is 0 Å². The van der Waals surface area contributed by atoms with Crippen LogP contribution < -0.4 is 5.32 Å². The molecule has 0 radical (unpaired) electrons. The zero-order valence-electron chi connectivity index (χ0n) is 14.9. The van der Waals surface area contributed by atoms with E-state index in [2.05, 4.69) is 5.32 Å². The van der Waals surface area contributed by atoms with Gasteiger partial charge in [0.05, 0.1) is 16.0 Å². The number of alkyl halides is 3. The number of amides is 1. The van der Waals surface area contributed by atoms with Gasteiger partial charge in [0.25, 0.3) is 5.91 Å². The molecule has 0 atom stereocenters. The van der Waals surface area contributed by atoms with E-state index < -0.39 is 33.2 Å². The third-order valence-corrected chi connectivity index (χ3v) is 6.42. The quantitative estimate of drug-likeness (QED) is 0.821. The topological polar surface area (TPSA) is 66.5 Å².